The van der Waals surface area contributed by atoms with Gasteiger partial charge in [0.15, 0.2) is 0 Å². The number of hydrogen-bond donors (Lipinski definition) is 3. The maximum Gasteiger partial charge on any atom is 0.335 e. The minimum Gasteiger partial charge on any atom is -0.478 e. The predicted molar refractivity (Wildman–Crippen MR) is 72.8 cm³/mol. The molecule has 2 aromatic rings. The van der Waals surface area contributed by atoms with Gasteiger partial charge < -0.3 is 21.3 Å². The first-order chi connectivity index (χ1) is 9.90. The van der Waals surface area contributed by atoms with Crippen LogP contribution in [0.25, 0.3) is 0 Å². The van der Waals surface area contributed by atoms with Crippen molar-refractivity contribution >= 4 is 17.6 Å². The van der Waals surface area contributed by atoms with E-state index < -0.39 is 23.3 Å². The van der Waals surface area contributed by atoms with Gasteiger partial charge in [-0.3, -0.25) is 4.79 Å². The number of rotatable bonds is 4. The summed E-state index contributed by atoms with van der Waals surface area (Å²) in [4.78, 5) is 22.1. The zero-order valence-electron chi connectivity index (χ0n) is 10.7. The van der Waals surface area contributed by atoms with E-state index in [4.69, 9.17) is 21.3 Å². The van der Waals surface area contributed by atoms with Crippen LogP contribution in [-0.2, 0) is 0 Å². The van der Waals surface area contributed by atoms with Gasteiger partial charge in [-0.15, -0.1) is 0 Å². The van der Waals surface area contributed by atoms with E-state index in [1.54, 1.807) is 0 Å². The van der Waals surface area contributed by atoms with E-state index in [1.165, 1.54) is 30.3 Å². The van der Waals surface area contributed by atoms with Gasteiger partial charge in [0, 0.05) is 0 Å². The van der Waals surface area contributed by atoms with Crippen LogP contribution in [0.5, 0.6) is 11.5 Å². The maximum absolute atomic E-state index is 13.6. The smallest absolute Gasteiger partial charge is 0.335 e. The molecule has 0 aliphatic rings. The fourth-order valence-corrected chi connectivity index (χ4v) is 1.72. The highest BCUT2D eigenvalue weighted by atomic mass is 19.1. The highest BCUT2D eigenvalue weighted by molar-refractivity contribution is 5.96. The lowest BCUT2D eigenvalue weighted by Gasteiger charge is -2.12. The van der Waals surface area contributed by atoms with Crippen LogP contribution in [-0.4, -0.2) is 17.0 Å². The Kier molecular flexibility index (Phi) is 3.75. The Hall–Kier alpha value is -3.09. The number of hydrogen-bond acceptors (Lipinski definition) is 4. The average molecular weight is 290 g/mol. The molecular weight excluding hydrogens is 279 g/mol. The van der Waals surface area contributed by atoms with Gasteiger partial charge in [0.1, 0.15) is 22.9 Å². The second-order valence-corrected chi connectivity index (χ2v) is 4.14. The molecule has 6 nitrogen and oxygen atoms in total. The largest absolute Gasteiger partial charge is 0.478 e. The number of nitrogen functional groups attached to an aromatic ring is 1. The number of carbonyl (C=O) groups excluding carboxylic acids is 1. The minimum absolute atomic E-state index is 0.0192. The highest BCUT2D eigenvalue weighted by Gasteiger charge is 2.17. The Labute approximate surface area is 118 Å². The first-order valence-corrected chi connectivity index (χ1v) is 5.79. The molecule has 0 spiro atoms. The third-order valence-electron chi connectivity index (χ3n) is 2.70. The van der Waals surface area contributed by atoms with Gasteiger partial charge >= 0.3 is 5.97 Å². The Bertz CT molecular complexity index is 731. The lowest BCUT2D eigenvalue weighted by Crippen LogP contribution is -2.14. The van der Waals surface area contributed by atoms with Crippen molar-refractivity contribution in [2.75, 3.05) is 5.73 Å². The van der Waals surface area contributed by atoms with Crippen LogP contribution in [0, 0.1) is 5.82 Å². The molecule has 2 aromatic carbocycles. The van der Waals surface area contributed by atoms with Crippen molar-refractivity contribution in [1.29, 1.82) is 0 Å². The number of carboxylic acids is 1. The van der Waals surface area contributed by atoms with E-state index in [0.717, 1.165) is 6.07 Å². The number of primary amides is 1. The summed E-state index contributed by atoms with van der Waals surface area (Å²) in [7, 11) is 0. The van der Waals surface area contributed by atoms with E-state index in [9.17, 15) is 14.0 Å². The van der Waals surface area contributed by atoms with Gasteiger partial charge in [-0.25, -0.2) is 9.18 Å². The molecule has 108 valence electrons. The third-order valence-corrected chi connectivity index (χ3v) is 2.70. The molecule has 0 saturated carbocycles. The number of carboxylic acid groups (broad SMARTS) is 1. The summed E-state index contributed by atoms with van der Waals surface area (Å²) in [6.45, 7) is 0. The second-order valence-electron chi connectivity index (χ2n) is 4.14. The molecule has 5 N–H and O–H groups in total. The summed E-state index contributed by atoms with van der Waals surface area (Å²) in [5, 5.41) is 8.84. The normalized spacial score (nSPS) is 10.1. The van der Waals surface area contributed by atoms with E-state index >= 15 is 0 Å². The van der Waals surface area contributed by atoms with E-state index in [1.807, 2.05) is 0 Å². The first-order valence-electron chi connectivity index (χ1n) is 5.79. The Morgan fingerprint density at radius 1 is 1.14 bits per heavy atom. The van der Waals surface area contributed by atoms with Crippen molar-refractivity contribution in [3.8, 4) is 11.5 Å². The fraction of sp³-hybridized carbons (Fsp3) is 0. The predicted octanol–water partition coefficient (Wildman–Crippen LogP) is 2.00. The van der Waals surface area contributed by atoms with Gasteiger partial charge in [-0.1, -0.05) is 6.07 Å². The Balaban J connectivity index is 2.42. The maximum atomic E-state index is 13.6. The molecule has 21 heavy (non-hydrogen) atoms. The molecule has 2 rings (SSSR count). The molecule has 0 aliphatic heterocycles. The number of ether oxygens (including phenoxy) is 1. The molecule has 7 heteroatoms. The zero-order chi connectivity index (χ0) is 15.6. The summed E-state index contributed by atoms with van der Waals surface area (Å²) >= 11 is 0. The number of carbonyl (C=O) groups is 2. The van der Waals surface area contributed by atoms with Crippen molar-refractivity contribution in [2.24, 2.45) is 5.73 Å². The van der Waals surface area contributed by atoms with Crippen molar-refractivity contribution in [2.45, 2.75) is 0 Å². The summed E-state index contributed by atoms with van der Waals surface area (Å²) in [5.74, 6) is -2.95. The number of anilines is 1. The van der Waals surface area contributed by atoms with E-state index in [-0.39, 0.29) is 22.7 Å². The van der Waals surface area contributed by atoms with Crippen LogP contribution >= 0.6 is 0 Å². The Morgan fingerprint density at radius 3 is 2.43 bits per heavy atom. The summed E-state index contributed by atoms with van der Waals surface area (Å²) < 4.78 is 18.9. The molecule has 0 saturated heterocycles. The zero-order valence-corrected chi connectivity index (χ0v) is 10.7. The molecular formula is C14H11FN2O4. The van der Waals surface area contributed by atoms with Crippen LogP contribution in [0.3, 0.4) is 0 Å². The van der Waals surface area contributed by atoms with Gasteiger partial charge in [-0.2, -0.15) is 0 Å². The van der Waals surface area contributed by atoms with Crippen molar-refractivity contribution < 1.29 is 23.8 Å². The number of amides is 1. The van der Waals surface area contributed by atoms with Crippen LogP contribution in [0.1, 0.15) is 20.7 Å². The Morgan fingerprint density at radius 2 is 1.86 bits per heavy atom. The van der Waals surface area contributed by atoms with Gasteiger partial charge in [0.2, 0.25) is 0 Å². The number of halogens is 1. The SMILES string of the molecule is NC(=O)c1c(F)cccc1Oc1ccc(C(=O)O)cc1N. The van der Waals surface area contributed by atoms with Crippen LogP contribution < -0.4 is 16.2 Å². The van der Waals surface area contributed by atoms with Gasteiger partial charge in [0.05, 0.1) is 11.3 Å². The number of aromatic carboxylic acids is 1. The molecule has 0 unspecified atom stereocenters. The summed E-state index contributed by atoms with van der Waals surface area (Å²) in [6, 6.07) is 7.56. The third kappa shape index (κ3) is 2.92. The molecule has 0 aromatic heterocycles. The number of benzene rings is 2. The fourth-order valence-electron chi connectivity index (χ4n) is 1.72. The van der Waals surface area contributed by atoms with E-state index in [0.29, 0.717) is 0 Å². The molecule has 0 atom stereocenters. The van der Waals surface area contributed by atoms with Crippen LogP contribution in [0.2, 0.25) is 0 Å². The lowest BCUT2D eigenvalue weighted by atomic mass is 10.1. The quantitative estimate of drug-likeness (QED) is 0.745. The second kappa shape index (κ2) is 5.49. The van der Waals surface area contributed by atoms with Crippen molar-refractivity contribution in [3.05, 3.63) is 53.3 Å². The standard InChI is InChI=1S/C14H11FN2O4/c15-8-2-1-3-11(12(8)13(17)18)21-10-5-4-7(14(19)20)6-9(10)16/h1-6H,16H2,(H2,17,18)(H,19,20). The van der Waals surface area contributed by atoms with Crippen LogP contribution in [0.4, 0.5) is 10.1 Å². The van der Waals surface area contributed by atoms with Crippen molar-refractivity contribution in [3.63, 3.8) is 0 Å². The molecule has 1 amide bonds. The average Bonchev–Trinajstić information content (AvgIpc) is 2.40. The first kappa shape index (κ1) is 14.3. The number of nitrogens with two attached hydrogens (primary N) is 2. The topological polar surface area (TPSA) is 116 Å². The molecule has 0 fully saturated rings. The van der Waals surface area contributed by atoms with Crippen LogP contribution in [0.15, 0.2) is 36.4 Å². The van der Waals surface area contributed by atoms with Gasteiger partial charge in [0.25, 0.3) is 5.91 Å². The molecule has 0 radical (unpaired) electrons. The van der Waals surface area contributed by atoms with E-state index in [2.05, 4.69) is 0 Å². The monoisotopic (exact) mass is 290 g/mol. The van der Waals surface area contributed by atoms with Crippen molar-refractivity contribution in [1.82, 2.24) is 0 Å². The lowest BCUT2D eigenvalue weighted by molar-refractivity contribution is 0.0696. The molecule has 0 aliphatic carbocycles. The summed E-state index contributed by atoms with van der Waals surface area (Å²) in [6.07, 6.45) is 0. The molecule has 0 bridgehead atoms. The minimum atomic E-state index is -1.14. The molecule has 0 heterocycles. The van der Waals surface area contributed by atoms with Gasteiger partial charge in [-0.05, 0) is 30.3 Å². The highest BCUT2D eigenvalue weighted by Crippen LogP contribution is 2.31. The summed E-state index contributed by atoms with van der Waals surface area (Å²) in [5.41, 5.74) is 10.4.